The number of benzene rings is 3. The molecular weight excluding hydrogens is 771 g/mol. The topological polar surface area (TPSA) is 153 Å². The van der Waals surface area contributed by atoms with Gasteiger partial charge in [-0.05, 0) is 111 Å². The quantitative estimate of drug-likeness (QED) is 0.117. The molecule has 9 rings (SSSR count). The highest BCUT2D eigenvalue weighted by atomic mass is 16.5. The van der Waals surface area contributed by atoms with Gasteiger partial charge in [0, 0.05) is 49.5 Å². The van der Waals surface area contributed by atoms with E-state index < -0.39 is 6.04 Å². The van der Waals surface area contributed by atoms with E-state index in [0.717, 1.165) is 116 Å². The number of amides is 2. The Hall–Kier alpha value is -5.67. The van der Waals surface area contributed by atoms with Crippen LogP contribution in [0.1, 0.15) is 72.0 Å². The van der Waals surface area contributed by atoms with Gasteiger partial charge in [-0.3, -0.25) is 9.59 Å². The normalized spacial score (nSPS) is 19.4. The van der Waals surface area contributed by atoms with Crippen LogP contribution in [0.4, 0.5) is 5.82 Å². The van der Waals surface area contributed by atoms with Gasteiger partial charge in [-0.2, -0.15) is 5.10 Å². The minimum absolute atomic E-state index is 0.0433. The summed E-state index contributed by atoms with van der Waals surface area (Å²) in [7, 11) is 0. The fourth-order valence-electron chi connectivity index (χ4n) is 9.27. The standard InChI is InChI=1S/C47H55N9O5/c1-32-7-14-41(46(57)51-32)55-30-36-29-35(10-13-40(36)47(55)58)33-15-19-53(20-16-33)23-25-59-27-28-60-26-24-54-21-17-37(18-22-54)56-45-42(44(48)49-31-50-45)43(52-56)34-8-11-39(12-9-34)61-38-5-3-2-4-6-38/h2-6,8-13,29,31,33,37,41H,1,7,14-28,30H2,(H,51,57)(H2,48,49,50). The van der Waals surface area contributed by atoms with Crippen molar-refractivity contribution in [2.24, 2.45) is 0 Å². The smallest absolute Gasteiger partial charge is 0.255 e. The van der Waals surface area contributed by atoms with Crippen LogP contribution in [0.25, 0.3) is 22.3 Å². The number of nitrogens with two attached hydrogens (primary N) is 1. The Bertz CT molecular complexity index is 2340. The molecule has 3 N–H and O–H groups in total. The van der Waals surface area contributed by atoms with Crippen molar-refractivity contribution in [3.63, 3.8) is 0 Å². The summed E-state index contributed by atoms with van der Waals surface area (Å²) in [4.78, 5) is 41.3. The van der Waals surface area contributed by atoms with Crippen LogP contribution in [-0.2, 0) is 20.8 Å². The van der Waals surface area contributed by atoms with Crippen LogP contribution in [0.2, 0.25) is 0 Å². The zero-order valence-corrected chi connectivity index (χ0v) is 34.7. The predicted octanol–water partition coefficient (Wildman–Crippen LogP) is 6.17. The van der Waals surface area contributed by atoms with Gasteiger partial charge in [0.2, 0.25) is 5.91 Å². The number of hydrogen-bond acceptors (Lipinski definition) is 11. The largest absolute Gasteiger partial charge is 0.457 e. The molecular formula is C47H55N9O5. The number of rotatable bonds is 15. The Labute approximate surface area is 356 Å². The Morgan fingerprint density at radius 3 is 2.18 bits per heavy atom. The van der Waals surface area contributed by atoms with E-state index >= 15 is 0 Å². The van der Waals surface area contributed by atoms with E-state index in [1.54, 1.807) is 4.90 Å². The Balaban J connectivity index is 0.661. The van der Waals surface area contributed by atoms with Crippen molar-refractivity contribution in [3.05, 3.63) is 108 Å². The molecule has 2 aromatic heterocycles. The maximum Gasteiger partial charge on any atom is 0.255 e. The first kappa shape index (κ1) is 40.7. The highest BCUT2D eigenvalue weighted by Gasteiger charge is 2.38. The zero-order valence-electron chi connectivity index (χ0n) is 34.7. The fourth-order valence-corrected chi connectivity index (χ4v) is 9.27. The minimum Gasteiger partial charge on any atom is -0.457 e. The van der Waals surface area contributed by atoms with Crippen LogP contribution >= 0.6 is 0 Å². The van der Waals surface area contributed by atoms with Gasteiger partial charge in [0.15, 0.2) is 5.65 Å². The third-order valence-electron chi connectivity index (χ3n) is 12.7. The lowest BCUT2D eigenvalue weighted by molar-refractivity contribution is -0.126. The van der Waals surface area contributed by atoms with Gasteiger partial charge in [0.1, 0.15) is 35.4 Å². The van der Waals surface area contributed by atoms with Crippen LogP contribution in [0, 0.1) is 0 Å². The van der Waals surface area contributed by atoms with E-state index in [1.165, 1.54) is 11.9 Å². The lowest BCUT2D eigenvalue weighted by Gasteiger charge is -2.32. The molecule has 4 aliphatic heterocycles. The van der Waals surface area contributed by atoms with Crippen molar-refractivity contribution in [2.45, 2.75) is 63.1 Å². The molecule has 2 amide bonds. The molecule has 0 radical (unpaired) electrons. The number of ether oxygens (including phenoxy) is 3. The monoisotopic (exact) mass is 825 g/mol. The summed E-state index contributed by atoms with van der Waals surface area (Å²) in [5.74, 6) is 2.26. The number of likely N-dealkylation sites (tertiary alicyclic amines) is 2. The van der Waals surface area contributed by atoms with Gasteiger partial charge in [0.05, 0.1) is 37.9 Å². The summed E-state index contributed by atoms with van der Waals surface area (Å²) >= 11 is 0. The van der Waals surface area contributed by atoms with E-state index in [-0.39, 0.29) is 17.9 Å². The second-order valence-electron chi connectivity index (χ2n) is 16.6. The van der Waals surface area contributed by atoms with Crippen molar-refractivity contribution in [3.8, 4) is 22.8 Å². The third-order valence-corrected chi connectivity index (χ3v) is 12.7. The molecule has 0 bridgehead atoms. The Morgan fingerprint density at radius 1 is 0.787 bits per heavy atom. The van der Waals surface area contributed by atoms with Crippen molar-refractivity contribution in [2.75, 3.05) is 71.4 Å². The molecule has 3 saturated heterocycles. The van der Waals surface area contributed by atoms with E-state index in [9.17, 15) is 9.59 Å². The second-order valence-corrected chi connectivity index (χ2v) is 16.6. The number of nitrogens with zero attached hydrogens (tertiary/aromatic N) is 7. The summed E-state index contributed by atoms with van der Waals surface area (Å²) in [6.07, 6.45) is 6.91. The van der Waals surface area contributed by atoms with Crippen LogP contribution < -0.4 is 15.8 Å². The van der Waals surface area contributed by atoms with E-state index in [4.69, 9.17) is 25.0 Å². The number of fused-ring (bicyclic) bond motifs is 2. The molecule has 0 spiro atoms. The zero-order chi connectivity index (χ0) is 41.7. The molecule has 1 atom stereocenters. The number of para-hydroxylation sites is 1. The molecule has 61 heavy (non-hydrogen) atoms. The fraction of sp³-hybridized carbons (Fsp3) is 0.426. The van der Waals surface area contributed by atoms with Gasteiger partial charge in [-0.25, -0.2) is 14.6 Å². The van der Waals surface area contributed by atoms with Gasteiger partial charge in [-0.15, -0.1) is 0 Å². The summed E-state index contributed by atoms with van der Waals surface area (Å²) < 4.78 is 20.0. The number of allylic oxidation sites excluding steroid dienone is 1. The number of carbonyl (C=O) groups excluding carboxylic acids is 2. The van der Waals surface area contributed by atoms with E-state index in [2.05, 4.69) is 48.5 Å². The van der Waals surface area contributed by atoms with Crippen molar-refractivity contribution in [1.29, 1.82) is 0 Å². The number of aromatic nitrogens is 4. The summed E-state index contributed by atoms with van der Waals surface area (Å²) in [6.45, 7) is 12.6. The van der Waals surface area contributed by atoms with Gasteiger partial charge in [-0.1, -0.05) is 36.9 Å². The first-order chi connectivity index (χ1) is 29.9. The molecule has 1 unspecified atom stereocenters. The van der Waals surface area contributed by atoms with E-state index in [1.807, 2.05) is 60.7 Å². The van der Waals surface area contributed by atoms with Gasteiger partial charge in [0.25, 0.3) is 5.91 Å². The molecule has 3 fully saturated rings. The average molecular weight is 826 g/mol. The Kier molecular flexibility index (Phi) is 12.4. The molecule has 14 nitrogen and oxygen atoms in total. The Morgan fingerprint density at radius 2 is 1.48 bits per heavy atom. The molecule has 318 valence electrons. The predicted molar refractivity (Wildman–Crippen MR) is 233 cm³/mol. The summed E-state index contributed by atoms with van der Waals surface area (Å²) in [5.41, 5.74) is 12.7. The lowest BCUT2D eigenvalue weighted by atomic mass is 9.88. The number of anilines is 1. The van der Waals surface area contributed by atoms with E-state index in [0.29, 0.717) is 57.5 Å². The molecule has 0 aliphatic carbocycles. The first-order valence-corrected chi connectivity index (χ1v) is 21.7. The molecule has 0 saturated carbocycles. The van der Waals surface area contributed by atoms with Gasteiger partial charge >= 0.3 is 0 Å². The maximum absolute atomic E-state index is 13.2. The average Bonchev–Trinajstić information content (AvgIpc) is 3.84. The first-order valence-electron chi connectivity index (χ1n) is 21.7. The highest BCUT2D eigenvalue weighted by molar-refractivity contribution is 6.01. The molecule has 4 aliphatic rings. The van der Waals surface area contributed by atoms with Crippen LogP contribution in [-0.4, -0.2) is 118 Å². The highest BCUT2D eigenvalue weighted by Crippen LogP contribution is 2.36. The van der Waals surface area contributed by atoms with Gasteiger partial charge < -0.3 is 40.0 Å². The van der Waals surface area contributed by atoms with Crippen molar-refractivity contribution in [1.82, 2.24) is 39.8 Å². The van der Waals surface area contributed by atoms with Crippen LogP contribution in [0.15, 0.2) is 91.4 Å². The molecule has 3 aromatic carbocycles. The van der Waals surface area contributed by atoms with Crippen molar-refractivity contribution >= 4 is 28.7 Å². The number of hydrogen-bond donors (Lipinski definition) is 2. The maximum atomic E-state index is 13.2. The number of nitrogens with one attached hydrogen (secondary N) is 1. The molecule has 6 heterocycles. The molecule has 5 aromatic rings. The second kappa shape index (κ2) is 18.5. The molecule has 14 heteroatoms. The number of piperidine rings is 3. The van der Waals surface area contributed by atoms with Crippen LogP contribution in [0.5, 0.6) is 11.5 Å². The number of carbonyl (C=O) groups is 2. The van der Waals surface area contributed by atoms with Crippen LogP contribution in [0.3, 0.4) is 0 Å². The lowest BCUT2D eigenvalue weighted by Crippen LogP contribution is -2.49. The van der Waals surface area contributed by atoms with Crippen molar-refractivity contribution < 1.29 is 23.8 Å². The SMILES string of the molecule is C=C1CCC(N2Cc3cc(C4CCN(CCOCCOCCN5CCC(n6nc(-c7ccc(Oc8ccccc8)cc7)c7c(N)ncnc76)CC5)CC4)ccc3C2=O)C(=O)N1. The summed E-state index contributed by atoms with van der Waals surface area (Å²) in [6, 6.07) is 23.7. The summed E-state index contributed by atoms with van der Waals surface area (Å²) in [5, 5.41) is 8.68. The minimum atomic E-state index is -0.428. The number of nitrogen functional groups attached to an aromatic ring is 1. The third kappa shape index (κ3) is 9.18.